The molecule has 0 aliphatic rings. The molecule has 0 heterocycles. The first kappa shape index (κ1) is 13.0. The Bertz CT molecular complexity index is 541. The molecule has 0 radical (unpaired) electrons. The number of anilines is 1. The van der Waals surface area contributed by atoms with Gasteiger partial charge in [-0.25, -0.2) is 10.2 Å². The molecule has 0 saturated heterocycles. The molecule has 0 bridgehead atoms. The van der Waals surface area contributed by atoms with E-state index in [1.54, 1.807) is 6.92 Å². The van der Waals surface area contributed by atoms with E-state index in [1.165, 1.54) is 0 Å². The van der Waals surface area contributed by atoms with Gasteiger partial charge < -0.3 is 4.74 Å². The van der Waals surface area contributed by atoms with Gasteiger partial charge in [-0.3, -0.25) is 5.43 Å². The van der Waals surface area contributed by atoms with E-state index in [-0.39, 0.29) is 0 Å². The third-order valence-corrected chi connectivity index (χ3v) is 2.59. The van der Waals surface area contributed by atoms with Crippen LogP contribution >= 0.6 is 0 Å². The molecule has 19 heavy (non-hydrogen) atoms. The lowest BCUT2D eigenvalue weighted by atomic mass is 10.0. The van der Waals surface area contributed by atoms with Gasteiger partial charge in [0.25, 0.3) is 0 Å². The Kier molecular flexibility index (Phi) is 4.39. The largest absolute Gasteiger partial charge is 0.449 e. The molecule has 4 heteroatoms. The molecule has 0 saturated carbocycles. The third-order valence-electron chi connectivity index (χ3n) is 2.59. The van der Waals surface area contributed by atoms with Crippen LogP contribution in [0.15, 0.2) is 54.6 Å². The Labute approximate surface area is 112 Å². The predicted octanol–water partition coefficient (Wildman–Crippen LogP) is 3.43. The van der Waals surface area contributed by atoms with Crippen molar-refractivity contribution in [3.05, 3.63) is 54.6 Å². The fraction of sp³-hybridized carbons (Fsp3) is 0.133. The summed E-state index contributed by atoms with van der Waals surface area (Å²) in [4.78, 5) is 11.3. The van der Waals surface area contributed by atoms with Gasteiger partial charge in [-0.15, -0.1) is 0 Å². The molecule has 0 atom stereocenters. The van der Waals surface area contributed by atoms with Crippen molar-refractivity contribution in [3.8, 4) is 11.1 Å². The number of carbonyl (C=O) groups is 1. The summed E-state index contributed by atoms with van der Waals surface area (Å²) in [5, 5.41) is 0. The third kappa shape index (κ3) is 3.48. The fourth-order valence-corrected chi connectivity index (χ4v) is 1.75. The zero-order valence-corrected chi connectivity index (χ0v) is 10.7. The van der Waals surface area contributed by atoms with E-state index in [4.69, 9.17) is 4.74 Å². The number of ether oxygens (including phenoxy) is 1. The highest BCUT2D eigenvalue weighted by molar-refractivity contribution is 5.79. The average Bonchev–Trinajstić information content (AvgIpc) is 2.47. The van der Waals surface area contributed by atoms with Crippen molar-refractivity contribution in [2.24, 2.45) is 0 Å². The minimum absolute atomic E-state index is 0.341. The molecule has 0 spiro atoms. The quantitative estimate of drug-likeness (QED) is 0.824. The molecular formula is C15H16N2O2. The second kappa shape index (κ2) is 6.44. The highest BCUT2D eigenvalue weighted by Gasteiger charge is 2.05. The number of nitrogens with one attached hydrogen (secondary N) is 2. The molecule has 0 aromatic heterocycles. The summed E-state index contributed by atoms with van der Waals surface area (Å²) in [6, 6.07) is 17.7. The van der Waals surface area contributed by atoms with Crippen LogP contribution in [0.1, 0.15) is 6.92 Å². The van der Waals surface area contributed by atoms with E-state index in [2.05, 4.69) is 10.9 Å². The van der Waals surface area contributed by atoms with E-state index in [9.17, 15) is 4.79 Å². The molecule has 0 fully saturated rings. The van der Waals surface area contributed by atoms with Gasteiger partial charge >= 0.3 is 6.09 Å². The van der Waals surface area contributed by atoms with Gasteiger partial charge in [-0.1, -0.05) is 48.5 Å². The topological polar surface area (TPSA) is 50.4 Å². The predicted molar refractivity (Wildman–Crippen MR) is 75.7 cm³/mol. The molecule has 0 aliphatic heterocycles. The van der Waals surface area contributed by atoms with Crippen molar-refractivity contribution in [3.63, 3.8) is 0 Å². The molecule has 4 nitrogen and oxygen atoms in total. The monoisotopic (exact) mass is 256 g/mol. The van der Waals surface area contributed by atoms with Gasteiger partial charge in [0.15, 0.2) is 0 Å². The normalized spacial score (nSPS) is 9.74. The Morgan fingerprint density at radius 3 is 2.47 bits per heavy atom. The van der Waals surface area contributed by atoms with Crippen LogP contribution in [0.2, 0.25) is 0 Å². The maximum absolute atomic E-state index is 11.3. The van der Waals surface area contributed by atoms with Gasteiger partial charge in [0.05, 0.1) is 12.3 Å². The highest BCUT2D eigenvalue weighted by Crippen LogP contribution is 2.26. The summed E-state index contributed by atoms with van der Waals surface area (Å²) in [6.07, 6.45) is -0.495. The maximum Gasteiger partial charge on any atom is 0.425 e. The van der Waals surface area contributed by atoms with Gasteiger partial charge in [-0.05, 0) is 18.6 Å². The van der Waals surface area contributed by atoms with Crippen molar-refractivity contribution in [1.29, 1.82) is 0 Å². The maximum atomic E-state index is 11.3. The summed E-state index contributed by atoms with van der Waals surface area (Å²) in [5.74, 6) is 0. The van der Waals surface area contributed by atoms with Crippen molar-refractivity contribution in [2.75, 3.05) is 12.0 Å². The number of para-hydroxylation sites is 1. The van der Waals surface area contributed by atoms with Crippen LogP contribution in [0.5, 0.6) is 0 Å². The smallest absolute Gasteiger partial charge is 0.425 e. The lowest BCUT2D eigenvalue weighted by molar-refractivity contribution is 0.154. The number of benzene rings is 2. The lowest BCUT2D eigenvalue weighted by Crippen LogP contribution is -2.30. The second-order valence-corrected chi connectivity index (χ2v) is 3.88. The average molecular weight is 256 g/mol. The van der Waals surface area contributed by atoms with E-state index >= 15 is 0 Å². The van der Waals surface area contributed by atoms with Crippen molar-refractivity contribution < 1.29 is 9.53 Å². The standard InChI is InChI=1S/C15H16N2O2/c1-2-19-15(18)17-16-14-11-7-6-10-13(14)12-8-4-3-5-9-12/h3-11,16H,2H2,1H3,(H,17,18). The van der Waals surface area contributed by atoms with E-state index < -0.39 is 6.09 Å². The fourth-order valence-electron chi connectivity index (χ4n) is 1.75. The summed E-state index contributed by atoms with van der Waals surface area (Å²) in [6.45, 7) is 2.10. The van der Waals surface area contributed by atoms with Crippen molar-refractivity contribution in [1.82, 2.24) is 5.43 Å². The minimum Gasteiger partial charge on any atom is -0.449 e. The summed E-state index contributed by atoms with van der Waals surface area (Å²) >= 11 is 0. The molecular weight excluding hydrogens is 240 g/mol. The van der Waals surface area contributed by atoms with Crippen LogP contribution in [-0.2, 0) is 4.74 Å². The molecule has 2 rings (SSSR count). The van der Waals surface area contributed by atoms with Crippen LogP contribution in [0.4, 0.5) is 10.5 Å². The first-order chi connectivity index (χ1) is 9.31. The number of amides is 1. The van der Waals surface area contributed by atoms with Crippen molar-refractivity contribution >= 4 is 11.8 Å². The molecule has 2 aromatic rings. The lowest BCUT2D eigenvalue weighted by Gasteiger charge is -2.12. The van der Waals surface area contributed by atoms with Crippen LogP contribution in [0.3, 0.4) is 0 Å². The Balaban J connectivity index is 2.15. The number of rotatable bonds is 4. The zero-order valence-electron chi connectivity index (χ0n) is 10.7. The van der Waals surface area contributed by atoms with Gasteiger partial charge in [0.2, 0.25) is 0 Å². The molecule has 1 amide bonds. The van der Waals surface area contributed by atoms with E-state index in [0.29, 0.717) is 6.61 Å². The number of hydrogen-bond acceptors (Lipinski definition) is 3. The molecule has 98 valence electrons. The number of hydrazine groups is 1. The van der Waals surface area contributed by atoms with E-state index in [0.717, 1.165) is 16.8 Å². The summed E-state index contributed by atoms with van der Waals surface area (Å²) in [5.41, 5.74) is 8.29. The van der Waals surface area contributed by atoms with Gasteiger partial charge in [0.1, 0.15) is 0 Å². The Morgan fingerprint density at radius 1 is 1.05 bits per heavy atom. The van der Waals surface area contributed by atoms with Crippen LogP contribution in [0, 0.1) is 0 Å². The number of carbonyl (C=O) groups excluding carboxylic acids is 1. The van der Waals surface area contributed by atoms with Crippen LogP contribution in [-0.4, -0.2) is 12.7 Å². The SMILES string of the molecule is CCOC(=O)NNc1ccccc1-c1ccccc1. The number of hydrogen-bond donors (Lipinski definition) is 2. The van der Waals surface area contributed by atoms with Gasteiger partial charge in [-0.2, -0.15) is 0 Å². The summed E-state index contributed by atoms with van der Waals surface area (Å²) < 4.78 is 4.80. The molecule has 0 aliphatic carbocycles. The van der Waals surface area contributed by atoms with Crippen molar-refractivity contribution in [2.45, 2.75) is 6.92 Å². The minimum atomic E-state index is -0.495. The van der Waals surface area contributed by atoms with E-state index in [1.807, 2.05) is 54.6 Å². The molecule has 0 unspecified atom stereocenters. The Morgan fingerprint density at radius 2 is 1.74 bits per heavy atom. The first-order valence-electron chi connectivity index (χ1n) is 6.14. The first-order valence-corrected chi connectivity index (χ1v) is 6.14. The van der Waals surface area contributed by atoms with Crippen LogP contribution < -0.4 is 10.9 Å². The highest BCUT2D eigenvalue weighted by atomic mass is 16.5. The summed E-state index contributed by atoms with van der Waals surface area (Å²) in [7, 11) is 0. The van der Waals surface area contributed by atoms with Gasteiger partial charge in [0, 0.05) is 5.56 Å². The molecule has 2 N–H and O–H groups in total. The second-order valence-electron chi connectivity index (χ2n) is 3.88. The Hall–Kier alpha value is -2.49. The molecule has 2 aromatic carbocycles. The van der Waals surface area contributed by atoms with Crippen LogP contribution in [0.25, 0.3) is 11.1 Å². The zero-order chi connectivity index (χ0) is 13.5.